The second kappa shape index (κ2) is 19.1. The molecule has 2 saturated heterocycles. The molecule has 0 bridgehead atoms. The summed E-state index contributed by atoms with van der Waals surface area (Å²) in [6.07, 6.45) is 0.408. The molecule has 0 aliphatic carbocycles. The molecule has 2 aliphatic rings. The lowest BCUT2D eigenvalue weighted by molar-refractivity contribution is -0.155. The van der Waals surface area contributed by atoms with E-state index >= 15 is 0 Å². The number of hydrogen-bond acceptors (Lipinski definition) is 11. The Labute approximate surface area is 326 Å². The number of piperazine rings is 1. The molecule has 56 heavy (non-hydrogen) atoms. The summed E-state index contributed by atoms with van der Waals surface area (Å²) in [5.74, 6) is -2.54. The Hall–Kier alpha value is -5.93. The second-order valence-electron chi connectivity index (χ2n) is 14.4. The molecule has 2 atom stereocenters. The average molecular weight is 775 g/mol. The van der Waals surface area contributed by atoms with Gasteiger partial charge in [-0.05, 0) is 64.7 Å². The van der Waals surface area contributed by atoms with Gasteiger partial charge >= 0.3 is 18.0 Å². The predicted octanol–water partition coefficient (Wildman–Crippen LogP) is 3.51. The number of para-hydroxylation sites is 1. The standard InChI is InChI=1S/C40H50N6O10/c1-5-53-39(52)44-23-21-43(22-24-44)37(50)30(18-19-35(48)56-40(2,3)4)41-36(49)31-25-34(46(42-31)29-15-10-7-11-16-29)54-27-33(47)45-20-12-17-32(45)38(51)55-26-28-13-8-6-9-14-28/h6-11,13-16,25,30,32H,5,12,17-24,26-27H2,1-4H3,(H,41,49). The van der Waals surface area contributed by atoms with Crippen LogP contribution in [-0.4, -0.2) is 124 Å². The third-order valence-electron chi connectivity index (χ3n) is 9.10. The van der Waals surface area contributed by atoms with Crippen molar-refractivity contribution < 1.29 is 47.7 Å². The van der Waals surface area contributed by atoms with Crippen molar-refractivity contribution in [1.29, 1.82) is 0 Å². The number of aromatic nitrogens is 2. The minimum absolute atomic E-state index is 0.0559. The number of carbonyl (C=O) groups excluding carboxylic acids is 6. The van der Waals surface area contributed by atoms with Gasteiger partial charge in [0.05, 0.1) is 12.3 Å². The summed E-state index contributed by atoms with van der Waals surface area (Å²) in [7, 11) is 0. The smallest absolute Gasteiger partial charge is 0.409 e. The van der Waals surface area contributed by atoms with E-state index < -0.39 is 60.0 Å². The molecule has 300 valence electrons. The number of ether oxygens (including phenoxy) is 4. The molecule has 16 nitrogen and oxygen atoms in total. The van der Waals surface area contributed by atoms with Crippen LogP contribution in [0.15, 0.2) is 66.7 Å². The molecular formula is C40H50N6O10. The van der Waals surface area contributed by atoms with Gasteiger partial charge in [0.25, 0.3) is 11.8 Å². The lowest BCUT2D eigenvalue weighted by Crippen LogP contribution is -2.56. The lowest BCUT2D eigenvalue weighted by Gasteiger charge is -2.36. The highest BCUT2D eigenvalue weighted by atomic mass is 16.6. The van der Waals surface area contributed by atoms with Crippen LogP contribution in [0.3, 0.4) is 0 Å². The first-order valence-electron chi connectivity index (χ1n) is 18.8. The van der Waals surface area contributed by atoms with Crippen LogP contribution in [0, 0.1) is 0 Å². The first-order chi connectivity index (χ1) is 26.8. The fraction of sp³-hybridized carbons (Fsp3) is 0.475. The molecule has 2 aliphatic heterocycles. The monoisotopic (exact) mass is 774 g/mol. The molecular weight excluding hydrogens is 724 g/mol. The largest absolute Gasteiger partial charge is 0.467 e. The Morgan fingerprint density at radius 2 is 1.54 bits per heavy atom. The minimum atomic E-state index is -1.13. The molecule has 16 heteroatoms. The first kappa shape index (κ1) is 41.2. The third-order valence-corrected chi connectivity index (χ3v) is 9.10. The molecule has 3 heterocycles. The van der Waals surface area contributed by atoms with Gasteiger partial charge in [-0.3, -0.25) is 19.2 Å². The van der Waals surface area contributed by atoms with Crippen molar-refractivity contribution in [2.75, 3.05) is 45.9 Å². The van der Waals surface area contributed by atoms with Gasteiger partial charge in [0.2, 0.25) is 11.8 Å². The van der Waals surface area contributed by atoms with Gasteiger partial charge in [-0.1, -0.05) is 48.5 Å². The van der Waals surface area contributed by atoms with Crippen molar-refractivity contribution >= 4 is 35.8 Å². The van der Waals surface area contributed by atoms with E-state index in [1.165, 1.54) is 25.4 Å². The van der Waals surface area contributed by atoms with Gasteiger partial charge in [0.1, 0.15) is 24.3 Å². The van der Waals surface area contributed by atoms with Gasteiger partial charge in [-0.15, -0.1) is 0 Å². The van der Waals surface area contributed by atoms with Crippen molar-refractivity contribution in [2.24, 2.45) is 0 Å². The van der Waals surface area contributed by atoms with E-state index in [1.807, 2.05) is 36.4 Å². The Morgan fingerprint density at radius 3 is 2.20 bits per heavy atom. The van der Waals surface area contributed by atoms with E-state index in [9.17, 15) is 28.8 Å². The number of amides is 4. The topological polar surface area (TPSA) is 179 Å². The van der Waals surface area contributed by atoms with Gasteiger partial charge in [-0.2, -0.15) is 5.10 Å². The molecule has 2 unspecified atom stereocenters. The highest BCUT2D eigenvalue weighted by molar-refractivity contribution is 5.96. The number of likely N-dealkylation sites (tertiary alicyclic amines) is 1. The zero-order valence-electron chi connectivity index (χ0n) is 32.3. The molecule has 0 saturated carbocycles. The van der Waals surface area contributed by atoms with Crippen molar-refractivity contribution in [2.45, 2.75) is 77.7 Å². The first-order valence-corrected chi connectivity index (χ1v) is 18.8. The van der Waals surface area contributed by atoms with E-state index in [-0.39, 0.29) is 63.8 Å². The van der Waals surface area contributed by atoms with Crippen LogP contribution in [0.5, 0.6) is 5.88 Å². The number of hydrogen-bond donors (Lipinski definition) is 1. The van der Waals surface area contributed by atoms with Crippen molar-refractivity contribution in [3.63, 3.8) is 0 Å². The highest BCUT2D eigenvalue weighted by Gasteiger charge is 2.36. The molecule has 4 amide bonds. The zero-order valence-corrected chi connectivity index (χ0v) is 32.3. The molecule has 0 radical (unpaired) electrons. The molecule has 2 aromatic carbocycles. The van der Waals surface area contributed by atoms with Gasteiger partial charge in [-0.25, -0.2) is 14.3 Å². The molecule has 0 spiro atoms. The average Bonchev–Trinajstić information content (AvgIpc) is 3.86. The maximum atomic E-state index is 13.8. The predicted molar refractivity (Wildman–Crippen MR) is 202 cm³/mol. The maximum absolute atomic E-state index is 13.8. The number of esters is 2. The molecule has 3 aromatic rings. The van der Waals surface area contributed by atoms with E-state index in [0.29, 0.717) is 25.1 Å². The van der Waals surface area contributed by atoms with Crippen LogP contribution in [0.4, 0.5) is 4.79 Å². The van der Waals surface area contributed by atoms with Gasteiger partial charge in [0, 0.05) is 45.2 Å². The number of carbonyl (C=O) groups is 6. The number of benzene rings is 2. The van der Waals surface area contributed by atoms with Crippen LogP contribution in [-0.2, 0) is 40.0 Å². The van der Waals surface area contributed by atoms with Crippen LogP contribution in [0.2, 0.25) is 0 Å². The summed E-state index contributed by atoms with van der Waals surface area (Å²) >= 11 is 0. The Kier molecular flexibility index (Phi) is 14.1. The van der Waals surface area contributed by atoms with E-state index in [4.69, 9.17) is 18.9 Å². The summed E-state index contributed by atoms with van der Waals surface area (Å²) in [4.78, 5) is 83.5. The van der Waals surface area contributed by atoms with Crippen LogP contribution >= 0.6 is 0 Å². The fourth-order valence-corrected chi connectivity index (χ4v) is 6.37. The van der Waals surface area contributed by atoms with Crippen molar-refractivity contribution in [3.05, 3.63) is 78.0 Å². The van der Waals surface area contributed by atoms with Crippen molar-refractivity contribution in [1.82, 2.24) is 29.8 Å². The number of nitrogens with zero attached hydrogens (tertiary/aromatic N) is 5. The summed E-state index contributed by atoms with van der Waals surface area (Å²) in [6.45, 7) is 8.03. The SMILES string of the molecule is CCOC(=O)N1CCN(C(=O)C(CCC(=O)OC(C)(C)C)NC(=O)c2cc(OCC(=O)N3CCCC3C(=O)OCc3ccccc3)n(-c3ccccc3)n2)CC1. The Bertz CT molecular complexity index is 1840. The Morgan fingerprint density at radius 1 is 0.875 bits per heavy atom. The normalized spacial score (nSPS) is 16.1. The highest BCUT2D eigenvalue weighted by Crippen LogP contribution is 2.23. The third kappa shape index (κ3) is 11.3. The molecule has 5 rings (SSSR count). The maximum Gasteiger partial charge on any atom is 0.409 e. The fourth-order valence-electron chi connectivity index (χ4n) is 6.37. The second-order valence-corrected chi connectivity index (χ2v) is 14.4. The molecule has 1 aromatic heterocycles. The van der Waals surface area contributed by atoms with Crippen LogP contribution < -0.4 is 10.1 Å². The summed E-state index contributed by atoms with van der Waals surface area (Å²) in [5, 5.41) is 7.22. The minimum Gasteiger partial charge on any atom is -0.467 e. The summed E-state index contributed by atoms with van der Waals surface area (Å²) in [6, 6.07) is 17.6. The van der Waals surface area contributed by atoms with E-state index in [0.717, 1.165) is 5.56 Å². The van der Waals surface area contributed by atoms with Crippen LogP contribution in [0.25, 0.3) is 5.69 Å². The number of rotatable bonds is 14. The van der Waals surface area contributed by atoms with E-state index in [1.54, 1.807) is 52.0 Å². The lowest BCUT2D eigenvalue weighted by atomic mass is 10.1. The Balaban J connectivity index is 1.29. The quantitative estimate of drug-likeness (QED) is 0.187. The van der Waals surface area contributed by atoms with Crippen molar-refractivity contribution in [3.8, 4) is 11.6 Å². The number of nitrogens with one attached hydrogen (secondary N) is 1. The summed E-state index contributed by atoms with van der Waals surface area (Å²) in [5.41, 5.74) is 0.519. The van der Waals surface area contributed by atoms with Gasteiger partial charge in [0.15, 0.2) is 12.3 Å². The molecule has 1 N–H and O–H groups in total. The van der Waals surface area contributed by atoms with E-state index in [2.05, 4.69) is 10.4 Å². The summed E-state index contributed by atoms with van der Waals surface area (Å²) < 4.78 is 23.4. The zero-order chi connectivity index (χ0) is 40.2. The van der Waals surface area contributed by atoms with Crippen LogP contribution in [0.1, 0.15) is 69.4 Å². The van der Waals surface area contributed by atoms with Gasteiger partial charge < -0.3 is 39.0 Å². The molecule has 2 fully saturated rings.